The molecule has 0 amide bonds. The molecule has 0 fully saturated rings. The summed E-state index contributed by atoms with van der Waals surface area (Å²) in [6.07, 6.45) is 0. The van der Waals surface area contributed by atoms with Crippen molar-refractivity contribution in [2.45, 2.75) is 13.8 Å². The fraction of sp³-hybridized carbons (Fsp3) is 0.150. The van der Waals surface area contributed by atoms with Crippen molar-refractivity contribution in [2.24, 2.45) is 0 Å². The maximum absolute atomic E-state index is 11.9. The number of nitrogen functional groups attached to an aromatic ring is 1. The van der Waals surface area contributed by atoms with Gasteiger partial charge < -0.3 is 15.0 Å². The fourth-order valence-electron chi connectivity index (χ4n) is 2.96. The van der Waals surface area contributed by atoms with Crippen LogP contribution < -0.4 is 5.73 Å². The van der Waals surface area contributed by atoms with Crippen LogP contribution in [0, 0.1) is 13.8 Å². The van der Waals surface area contributed by atoms with E-state index in [2.05, 4.69) is 51.7 Å². The summed E-state index contributed by atoms with van der Waals surface area (Å²) < 4.78 is 7.94. The third kappa shape index (κ3) is 3.33. The van der Waals surface area contributed by atoms with Gasteiger partial charge in [0.05, 0.1) is 18.4 Å². The maximum Gasteiger partial charge on any atom is 0.337 e. The van der Waals surface area contributed by atoms with Crippen molar-refractivity contribution < 1.29 is 9.53 Å². The topological polar surface area (TPSA) is 57.2 Å². The first-order valence-corrected chi connectivity index (χ1v) is 8.64. The molecule has 0 bridgehead atoms. The summed E-state index contributed by atoms with van der Waals surface area (Å²) in [5, 5.41) is 0. The van der Waals surface area contributed by atoms with Crippen molar-refractivity contribution in [1.82, 2.24) is 4.57 Å². The van der Waals surface area contributed by atoms with Gasteiger partial charge in [0.2, 0.25) is 0 Å². The highest BCUT2D eigenvalue weighted by molar-refractivity contribution is 9.10. The monoisotopic (exact) mass is 398 g/mol. The lowest BCUT2D eigenvalue weighted by atomic mass is 10.1. The highest BCUT2D eigenvalue weighted by Crippen LogP contribution is 2.32. The molecule has 25 heavy (non-hydrogen) atoms. The normalized spacial score (nSPS) is 10.7. The molecule has 4 nitrogen and oxygen atoms in total. The third-order valence-electron chi connectivity index (χ3n) is 4.17. The molecule has 0 aliphatic carbocycles. The second-order valence-electron chi connectivity index (χ2n) is 5.96. The average Bonchev–Trinajstić information content (AvgIpc) is 2.97. The molecule has 0 spiro atoms. The number of hydrogen-bond acceptors (Lipinski definition) is 3. The molecular weight excluding hydrogens is 380 g/mol. The van der Waals surface area contributed by atoms with E-state index in [0.29, 0.717) is 11.3 Å². The zero-order valence-corrected chi connectivity index (χ0v) is 15.9. The largest absolute Gasteiger partial charge is 0.465 e. The number of esters is 1. The van der Waals surface area contributed by atoms with Gasteiger partial charge in [-0.2, -0.15) is 0 Å². The molecular formula is C20H19BrN2O2. The number of halogens is 1. The van der Waals surface area contributed by atoms with E-state index in [1.54, 1.807) is 12.1 Å². The Hall–Kier alpha value is -2.53. The van der Waals surface area contributed by atoms with E-state index < -0.39 is 5.97 Å². The SMILES string of the molecule is COC(=O)c1cc(N)cc(-n2c(C)ccc2-c2cc(Br)ccc2C)c1. The second-order valence-corrected chi connectivity index (χ2v) is 6.88. The maximum atomic E-state index is 11.9. The number of hydrogen-bond donors (Lipinski definition) is 1. The van der Waals surface area contributed by atoms with Crippen molar-refractivity contribution in [1.29, 1.82) is 0 Å². The molecule has 0 radical (unpaired) electrons. The Morgan fingerprint density at radius 2 is 1.84 bits per heavy atom. The third-order valence-corrected chi connectivity index (χ3v) is 4.66. The van der Waals surface area contributed by atoms with E-state index in [1.807, 2.05) is 19.1 Å². The zero-order chi connectivity index (χ0) is 18.1. The Morgan fingerprint density at radius 1 is 1.08 bits per heavy atom. The number of nitrogens with zero attached hydrogens (tertiary/aromatic N) is 1. The lowest BCUT2D eigenvalue weighted by Crippen LogP contribution is -2.06. The summed E-state index contributed by atoms with van der Waals surface area (Å²) in [4.78, 5) is 11.9. The van der Waals surface area contributed by atoms with Gasteiger partial charge in [0.25, 0.3) is 0 Å². The quantitative estimate of drug-likeness (QED) is 0.504. The van der Waals surface area contributed by atoms with E-state index in [1.165, 1.54) is 12.7 Å². The molecule has 0 unspecified atom stereocenters. The number of benzene rings is 2. The van der Waals surface area contributed by atoms with Crippen LogP contribution in [0.15, 0.2) is 53.0 Å². The Kier molecular flexibility index (Phi) is 4.68. The van der Waals surface area contributed by atoms with Crippen molar-refractivity contribution in [3.63, 3.8) is 0 Å². The van der Waals surface area contributed by atoms with E-state index in [4.69, 9.17) is 10.5 Å². The van der Waals surface area contributed by atoms with Gasteiger partial charge in [-0.15, -0.1) is 0 Å². The Balaban J connectivity index is 2.23. The lowest BCUT2D eigenvalue weighted by molar-refractivity contribution is 0.0600. The number of nitrogens with two attached hydrogens (primary N) is 1. The predicted octanol–water partition coefficient (Wildman–Crippen LogP) is 4.89. The first-order chi connectivity index (χ1) is 11.9. The number of methoxy groups -OCH3 is 1. The van der Waals surface area contributed by atoms with Gasteiger partial charge in [0.15, 0.2) is 0 Å². The van der Waals surface area contributed by atoms with Gasteiger partial charge in [0, 0.05) is 27.1 Å². The molecule has 2 aromatic carbocycles. The van der Waals surface area contributed by atoms with Crippen LogP contribution in [0.3, 0.4) is 0 Å². The second kappa shape index (κ2) is 6.76. The molecule has 0 aliphatic heterocycles. The Morgan fingerprint density at radius 3 is 2.56 bits per heavy atom. The summed E-state index contributed by atoms with van der Waals surface area (Å²) >= 11 is 3.54. The summed E-state index contributed by atoms with van der Waals surface area (Å²) in [5.41, 5.74) is 12.2. The van der Waals surface area contributed by atoms with Crippen LogP contribution in [0.5, 0.6) is 0 Å². The van der Waals surface area contributed by atoms with Gasteiger partial charge in [-0.3, -0.25) is 0 Å². The lowest BCUT2D eigenvalue weighted by Gasteiger charge is -2.15. The van der Waals surface area contributed by atoms with E-state index in [9.17, 15) is 4.79 Å². The Bertz CT molecular complexity index is 960. The molecule has 128 valence electrons. The van der Waals surface area contributed by atoms with Crippen LogP contribution in [0.4, 0.5) is 5.69 Å². The van der Waals surface area contributed by atoms with Crippen molar-refractivity contribution in [3.05, 3.63) is 69.8 Å². The number of ether oxygens (including phenoxy) is 1. The number of anilines is 1. The number of rotatable bonds is 3. The fourth-order valence-corrected chi connectivity index (χ4v) is 3.32. The van der Waals surface area contributed by atoms with Crippen molar-refractivity contribution in [2.75, 3.05) is 12.8 Å². The summed E-state index contributed by atoms with van der Waals surface area (Å²) in [6.45, 7) is 4.10. The molecule has 0 saturated heterocycles. The minimum absolute atomic E-state index is 0.404. The average molecular weight is 399 g/mol. The molecule has 1 aromatic heterocycles. The molecule has 3 aromatic rings. The van der Waals surface area contributed by atoms with Gasteiger partial charge in [-0.1, -0.05) is 22.0 Å². The standard InChI is InChI=1S/C20H19BrN2O2/c1-12-4-6-15(21)10-18(12)19-7-5-13(2)23(19)17-9-14(20(24)25-3)8-16(22)11-17/h4-11H,22H2,1-3H3. The minimum atomic E-state index is -0.404. The number of aromatic nitrogens is 1. The van der Waals surface area contributed by atoms with Crippen LogP contribution in [-0.2, 0) is 4.74 Å². The minimum Gasteiger partial charge on any atom is -0.465 e. The number of carbonyl (C=O) groups excluding carboxylic acids is 1. The van der Waals surface area contributed by atoms with Gasteiger partial charge in [0.1, 0.15) is 0 Å². The molecule has 2 N–H and O–H groups in total. The molecule has 1 heterocycles. The van der Waals surface area contributed by atoms with Gasteiger partial charge in [-0.05, 0) is 61.9 Å². The van der Waals surface area contributed by atoms with E-state index >= 15 is 0 Å². The molecule has 3 rings (SSSR count). The van der Waals surface area contributed by atoms with Gasteiger partial charge >= 0.3 is 5.97 Å². The zero-order valence-electron chi connectivity index (χ0n) is 14.3. The first kappa shape index (κ1) is 17.3. The smallest absolute Gasteiger partial charge is 0.337 e. The van der Waals surface area contributed by atoms with Crippen LogP contribution in [0.25, 0.3) is 16.9 Å². The number of aryl methyl sites for hydroxylation is 2. The molecule has 5 heteroatoms. The van der Waals surface area contributed by atoms with Crippen molar-refractivity contribution >= 4 is 27.6 Å². The molecule has 0 aliphatic rings. The van der Waals surface area contributed by atoms with E-state index in [0.717, 1.165) is 27.1 Å². The van der Waals surface area contributed by atoms with Crippen molar-refractivity contribution in [3.8, 4) is 16.9 Å². The van der Waals surface area contributed by atoms with Crippen LogP contribution >= 0.6 is 15.9 Å². The molecule has 0 saturated carbocycles. The number of carbonyl (C=O) groups is 1. The van der Waals surface area contributed by atoms with Crippen LogP contribution in [-0.4, -0.2) is 17.6 Å². The van der Waals surface area contributed by atoms with Crippen LogP contribution in [0.2, 0.25) is 0 Å². The van der Waals surface area contributed by atoms with Crippen LogP contribution in [0.1, 0.15) is 21.6 Å². The highest BCUT2D eigenvalue weighted by atomic mass is 79.9. The predicted molar refractivity (Wildman–Crippen MR) is 104 cm³/mol. The van der Waals surface area contributed by atoms with E-state index in [-0.39, 0.29) is 0 Å². The van der Waals surface area contributed by atoms with Gasteiger partial charge in [-0.25, -0.2) is 4.79 Å². The highest BCUT2D eigenvalue weighted by Gasteiger charge is 2.15. The molecule has 0 atom stereocenters. The summed E-state index contributed by atoms with van der Waals surface area (Å²) in [7, 11) is 1.36. The first-order valence-electron chi connectivity index (χ1n) is 7.85. The summed E-state index contributed by atoms with van der Waals surface area (Å²) in [6, 6.07) is 15.6. The summed E-state index contributed by atoms with van der Waals surface area (Å²) in [5.74, 6) is -0.404. The Labute approximate surface area is 155 Å².